The van der Waals surface area contributed by atoms with Crippen LogP contribution < -0.4 is 10.5 Å². The Hall–Kier alpha value is -1.02. The maximum absolute atomic E-state index is 6.50. The predicted molar refractivity (Wildman–Crippen MR) is 82.7 cm³/mol. The molecule has 0 heterocycles. The summed E-state index contributed by atoms with van der Waals surface area (Å²) in [4.78, 5) is 0. The van der Waals surface area contributed by atoms with Gasteiger partial charge in [0.05, 0.1) is 6.10 Å². The first-order valence-electron chi connectivity index (χ1n) is 8.14. The van der Waals surface area contributed by atoms with Crippen LogP contribution in [0.4, 0.5) is 0 Å². The fraction of sp³-hybridized carbons (Fsp3) is 0.667. The van der Waals surface area contributed by atoms with Gasteiger partial charge in [-0.2, -0.15) is 0 Å². The summed E-state index contributed by atoms with van der Waals surface area (Å²) in [5.41, 5.74) is 7.69. The molecule has 3 rings (SSSR count). The van der Waals surface area contributed by atoms with Crippen LogP contribution in [0, 0.1) is 17.8 Å². The van der Waals surface area contributed by atoms with Crippen molar-refractivity contribution in [3.05, 3.63) is 29.8 Å². The monoisotopic (exact) mass is 273 g/mol. The highest BCUT2D eigenvalue weighted by molar-refractivity contribution is 5.36. The van der Waals surface area contributed by atoms with Gasteiger partial charge in [0, 0.05) is 11.6 Å². The molecule has 2 heteroatoms. The summed E-state index contributed by atoms with van der Waals surface area (Å²) in [6.07, 6.45) is 7.09. The average Bonchev–Trinajstić information content (AvgIpc) is 3.00. The lowest BCUT2D eigenvalue weighted by Gasteiger charge is -2.26. The summed E-state index contributed by atoms with van der Waals surface area (Å²) in [7, 11) is 0. The summed E-state index contributed by atoms with van der Waals surface area (Å²) in [6.45, 7) is 4.14. The van der Waals surface area contributed by atoms with Gasteiger partial charge in [0.2, 0.25) is 0 Å². The number of hydrogen-bond donors (Lipinski definition) is 1. The lowest BCUT2D eigenvalue weighted by Crippen LogP contribution is -2.20. The smallest absolute Gasteiger partial charge is 0.124 e. The number of fused-ring (bicyclic) bond motifs is 2. The van der Waals surface area contributed by atoms with Gasteiger partial charge >= 0.3 is 0 Å². The van der Waals surface area contributed by atoms with E-state index in [9.17, 15) is 0 Å². The molecule has 2 bridgehead atoms. The molecule has 4 atom stereocenters. The predicted octanol–water partition coefficient (Wildman–Crippen LogP) is 4.30. The van der Waals surface area contributed by atoms with Crippen molar-refractivity contribution in [2.24, 2.45) is 23.5 Å². The fourth-order valence-electron chi connectivity index (χ4n) is 4.27. The number of benzene rings is 1. The second-order valence-corrected chi connectivity index (χ2v) is 6.98. The number of nitrogens with two attached hydrogens (primary N) is 1. The lowest BCUT2D eigenvalue weighted by atomic mass is 9.83. The molecule has 1 aromatic carbocycles. The Bertz CT molecular complexity index is 456. The first-order chi connectivity index (χ1) is 9.63. The summed E-state index contributed by atoms with van der Waals surface area (Å²) < 4.78 is 5.91. The summed E-state index contributed by atoms with van der Waals surface area (Å²) in [5.74, 6) is 3.76. The van der Waals surface area contributed by atoms with Crippen LogP contribution in [-0.2, 0) is 0 Å². The van der Waals surface area contributed by atoms with Crippen LogP contribution in [0.2, 0.25) is 0 Å². The molecule has 2 fully saturated rings. The molecule has 20 heavy (non-hydrogen) atoms. The fourth-order valence-corrected chi connectivity index (χ4v) is 4.27. The van der Waals surface area contributed by atoms with Crippen molar-refractivity contribution >= 4 is 0 Å². The molecule has 0 radical (unpaired) electrons. The van der Waals surface area contributed by atoms with E-state index in [0.717, 1.165) is 29.9 Å². The molecule has 1 aromatic rings. The van der Waals surface area contributed by atoms with Gasteiger partial charge in [0.25, 0.3) is 0 Å². The van der Waals surface area contributed by atoms with Crippen molar-refractivity contribution in [1.29, 1.82) is 0 Å². The lowest BCUT2D eigenvalue weighted by molar-refractivity contribution is 0.235. The Morgan fingerprint density at radius 3 is 2.65 bits per heavy atom. The van der Waals surface area contributed by atoms with E-state index in [1.54, 1.807) is 0 Å². The normalized spacial score (nSPS) is 29.9. The van der Waals surface area contributed by atoms with Crippen LogP contribution in [0.25, 0.3) is 0 Å². The Labute approximate surface area is 122 Å². The van der Waals surface area contributed by atoms with Gasteiger partial charge < -0.3 is 10.5 Å². The zero-order valence-corrected chi connectivity index (χ0v) is 12.7. The topological polar surface area (TPSA) is 35.2 Å². The summed E-state index contributed by atoms with van der Waals surface area (Å²) in [5, 5.41) is 0. The minimum Gasteiger partial charge on any atom is -0.491 e. The number of ether oxygens (including phenoxy) is 1. The van der Waals surface area contributed by atoms with E-state index in [4.69, 9.17) is 10.5 Å². The average molecular weight is 273 g/mol. The van der Waals surface area contributed by atoms with E-state index < -0.39 is 0 Å². The highest BCUT2D eigenvalue weighted by Crippen LogP contribution is 2.51. The SMILES string of the molecule is CC(C)Oc1ccccc1C(N)CC1CC2CCC1C2. The van der Waals surface area contributed by atoms with Crippen molar-refractivity contribution in [2.75, 3.05) is 0 Å². The maximum Gasteiger partial charge on any atom is 0.124 e. The highest BCUT2D eigenvalue weighted by atomic mass is 16.5. The number of hydrogen-bond acceptors (Lipinski definition) is 2. The minimum atomic E-state index is 0.120. The van der Waals surface area contributed by atoms with Crippen LogP contribution in [0.5, 0.6) is 5.75 Å². The third kappa shape index (κ3) is 2.85. The quantitative estimate of drug-likeness (QED) is 0.868. The molecule has 2 saturated carbocycles. The van der Waals surface area contributed by atoms with E-state index in [0.29, 0.717) is 0 Å². The van der Waals surface area contributed by atoms with E-state index in [2.05, 4.69) is 32.0 Å². The number of rotatable bonds is 5. The molecule has 0 amide bonds. The third-order valence-electron chi connectivity index (χ3n) is 5.12. The molecule has 110 valence electrons. The zero-order chi connectivity index (χ0) is 14.1. The molecule has 0 aliphatic heterocycles. The molecule has 2 N–H and O–H groups in total. The molecular weight excluding hydrogens is 246 g/mol. The van der Waals surface area contributed by atoms with Crippen LogP contribution in [0.3, 0.4) is 0 Å². The van der Waals surface area contributed by atoms with Crippen LogP contribution >= 0.6 is 0 Å². The molecule has 2 nitrogen and oxygen atoms in total. The van der Waals surface area contributed by atoms with Crippen molar-refractivity contribution in [3.8, 4) is 5.75 Å². The van der Waals surface area contributed by atoms with E-state index in [-0.39, 0.29) is 12.1 Å². The number of para-hydroxylation sites is 1. The van der Waals surface area contributed by atoms with E-state index in [1.807, 2.05) is 6.07 Å². The Balaban J connectivity index is 1.69. The summed E-state index contributed by atoms with van der Waals surface area (Å²) >= 11 is 0. The summed E-state index contributed by atoms with van der Waals surface area (Å²) in [6, 6.07) is 8.41. The van der Waals surface area contributed by atoms with Gasteiger partial charge in [-0.3, -0.25) is 0 Å². The van der Waals surface area contributed by atoms with Gasteiger partial charge in [-0.25, -0.2) is 0 Å². The van der Waals surface area contributed by atoms with Crippen molar-refractivity contribution in [1.82, 2.24) is 0 Å². The standard InChI is InChI=1S/C18H27NO/c1-12(2)20-18-6-4-3-5-16(18)17(19)11-15-10-13-7-8-14(15)9-13/h3-6,12-15,17H,7-11,19H2,1-2H3. The molecule has 0 spiro atoms. The van der Waals surface area contributed by atoms with Gasteiger partial charge in [-0.1, -0.05) is 24.6 Å². The first kappa shape index (κ1) is 13.9. The van der Waals surface area contributed by atoms with Gasteiger partial charge in [0.15, 0.2) is 0 Å². The molecular formula is C18H27NO. The van der Waals surface area contributed by atoms with Crippen LogP contribution in [0.1, 0.15) is 57.6 Å². The minimum absolute atomic E-state index is 0.120. The zero-order valence-electron chi connectivity index (χ0n) is 12.7. The molecule has 2 aliphatic carbocycles. The highest BCUT2D eigenvalue weighted by Gasteiger charge is 2.40. The molecule has 4 unspecified atom stereocenters. The van der Waals surface area contributed by atoms with Crippen molar-refractivity contribution in [3.63, 3.8) is 0 Å². The molecule has 0 saturated heterocycles. The Morgan fingerprint density at radius 1 is 1.20 bits per heavy atom. The van der Waals surface area contributed by atoms with Gasteiger partial charge in [0.1, 0.15) is 5.75 Å². The van der Waals surface area contributed by atoms with Gasteiger partial charge in [-0.05, 0) is 63.4 Å². The second-order valence-electron chi connectivity index (χ2n) is 6.98. The Kier molecular flexibility index (Phi) is 4.02. The van der Waals surface area contributed by atoms with Crippen molar-refractivity contribution < 1.29 is 4.74 Å². The van der Waals surface area contributed by atoms with E-state index >= 15 is 0 Å². The Morgan fingerprint density at radius 2 is 2.00 bits per heavy atom. The molecule has 2 aliphatic rings. The van der Waals surface area contributed by atoms with Gasteiger partial charge in [-0.15, -0.1) is 0 Å². The van der Waals surface area contributed by atoms with Crippen molar-refractivity contribution in [2.45, 2.75) is 58.1 Å². The second kappa shape index (κ2) is 5.77. The third-order valence-corrected chi connectivity index (χ3v) is 5.12. The van der Waals surface area contributed by atoms with Crippen LogP contribution in [0.15, 0.2) is 24.3 Å². The molecule has 0 aromatic heterocycles. The van der Waals surface area contributed by atoms with Crippen LogP contribution in [-0.4, -0.2) is 6.10 Å². The maximum atomic E-state index is 6.50. The van der Waals surface area contributed by atoms with E-state index in [1.165, 1.54) is 31.2 Å². The first-order valence-corrected chi connectivity index (χ1v) is 8.14. The largest absolute Gasteiger partial charge is 0.491 e.